The molecule has 0 spiro atoms. The van der Waals surface area contributed by atoms with Gasteiger partial charge in [0.05, 0.1) is 11.3 Å². The second-order valence-corrected chi connectivity index (χ2v) is 5.09. The fraction of sp³-hybridized carbons (Fsp3) is 0.312. The lowest BCUT2D eigenvalue weighted by Gasteiger charge is -2.14. The van der Waals surface area contributed by atoms with Crippen LogP contribution in [0.1, 0.15) is 36.2 Å². The third-order valence-corrected chi connectivity index (χ3v) is 3.48. The highest BCUT2D eigenvalue weighted by molar-refractivity contribution is 7.80. The summed E-state index contributed by atoms with van der Waals surface area (Å²) in [6.07, 6.45) is 1.60. The van der Waals surface area contributed by atoms with E-state index in [1.54, 1.807) is 0 Å². The van der Waals surface area contributed by atoms with Gasteiger partial charge < -0.3 is 10.5 Å². The Balaban J connectivity index is 2.32. The van der Waals surface area contributed by atoms with Crippen molar-refractivity contribution in [1.29, 1.82) is 0 Å². The smallest absolute Gasteiger partial charge is 0.244 e. The number of nitrogens with zero attached hydrogens (tertiary/aromatic N) is 2. The molecule has 0 radical (unpaired) electrons. The molecule has 0 saturated heterocycles. The molecule has 0 aliphatic rings. The van der Waals surface area contributed by atoms with Crippen LogP contribution in [0, 0.1) is 0 Å². The fourth-order valence-electron chi connectivity index (χ4n) is 2.24. The molecule has 0 amide bonds. The van der Waals surface area contributed by atoms with Gasteiger partial charge in [0.1, 0.15) is 11.6 Å². The highest BCUT2D eigenvalue weighted by Gasteiger charge is 2.17. The summed E-state index contributed by atoms with van der Waals surface area (Å²) in [6.45, 7) is 4.51. The second-order valence-electron chi connectivity index (χ2n) is 4.65. The zero-order valence-corrected chi connectivity index (χ0v) is 13.1. The quantitative estimate of drug-likeness (QED) is 0.831. The van der Waals surface area contributed by atoms with Gasteiger partial charge in [-0.05, 0) is 24.0 Å². The van der Waals surface area contributed by atoms with Crippen LogP contribution in [0.5, 0.6) is 5.88 Å². The second kappa shape index (κ2) is 7.13. The molecule has 0 fully saturated rings. The van der Waals surface area contributed by atoms with Gasteiger partial charge in [0.25, 0.3) is 0 Å². The first-order valence-corrected chi connectivity index (χ1v) is 7.43. The Kier molecular flexibility index (Phi) is 5.22. The molecule has 4 nitrogen and oxygen atoms in total. The molecule has 0 bridgehead atoms. The molecule has 5 heteroatoms. The Labute approximate surface area is 130 Å². The number of aromatic nitrogens is 2. The van der Waals surface area contributed by atoms with Crippen molar-refractivity contribution in [1.82, 2.24) is 10.2 Å². The van der Waals surface area contributed by atoms with Crippen LogP contribution in [-0.2, 0) is 19.4 Å². The molecule has 2 N–H and O–H groups in total. The first kappa shape index (κ1) is 15.4. The summed E-state index contributed by atoms with van der Waals surface area (Å²) < 4.78 is 5.79. The van der Waals surface area contributed by atoms with Gasteiger partial charge in [-0.15, -0.1) is 5.10 Å². The van der Waals surface area contributed by atoms with E-state index in [1.165, 1.54) is 0 Å². The van der Waals surface area contributed by atoms with E-state index in [2.05, 4.69) is 17.1 Å². The third kappa shape index (κ3) is 3.55. The lowest BCUT2D eigenvalue weighted by Crippen LogP contribution is -2.18. The van der Waals surface area contributed by atoms with Crippen molar-refractivity contribution in [2.75, 3.05) is 0 Å². The number of hydrogen-bond acceptors (Lipinski definition) is 4. The monoisotopic (exact) mass is 301 g/mol. The Morgan fingerprint density at radius 3 is 2.43 bits per heavy atom. The molecular formula is C16H19N3OS. The minimum Gasteiger partial charge on any atom is -0.471 e. The molecule has 1 heterocycles. The van der Waals surface area contributed by atoms with E-state index in [0.717, 1.165) is 35.2 Å². The maximum Gasteiger partial charge on any atom is 0.244 e. The Morgan fingerprint density at radius 1 is 1.14 bits per heavy atom. The van der Waals surface area contributed by atoms with E-state index in [-0.39, 0.29) is 0 Å². The maximum absolute atomic E-state index is 5.87. The van der Waals surface area contributed by atoms with Crippen LogP contribution in [0.2, 0.25) is 0 Å². The van der Waals surface area contributed by atoms with E-state index < -0.39 is 0 Å². The number of ether oxygens (including phenoxy) is 1. The van der Waals surface area contributed by atoms with Crippen LogP contribution in [0.3, 0.4) is 0 Å². The van der Waals surface area contributed by atoms with Gasteiger partial charge in [-0.25, -0.2) is 0 Å². The lowest BCUT2D eigenvalue weighted by molar-refractivity contribution is 0.288. The highest BCUT2D eigenvalue weighted by atomic mass is 32.1. The SMILES string of the molecule is CCc1nnc(OCc2ccccc2)c(C(N)=S)c1CC. The Hall–Kier alpha value is -2.01. The molecular weight excluding hydrogens is 282 g/mol. The summed E-state index contributed by atoms with van der Waals surface area (Å²) in [4.78, 5) is 0.305. The Morgan fingerprint density at radius 2 is 1.86 bits per heavy atom. The van der Waals surface area contributed by atoms with Crippen LogP contribution < -0.4 is 10.5 Å². The minimum absolute atomic E-state index is 0.305. The lowest BCUT2D eigenvalue weighted by atomic mass is 10.0. The van der Waals surface area contributed by atoms with Crippen molar-refractivity contribution in [2.24, 2.45) is 5.73 Å². The van der Waals surface area contributed by atoms with E-state index >= 15 is 0 Å². The summed E-state index contributed by atoms with van der Waals surface area (Å²) in [5.41, 5.74) is 9.60. The van der Waals surface area contributed by atoms with Gasteiger partial charge in [-0.3, -0.25) is 0 Å². The summed E-state index contributed by atoms with van der Waals surface area (Å²) >= 11 is 5.17. The van der Waals surface area contributed by atoms with E-state index in [4.69, 9.17) is 22.7 Å². The molecule has 1 aromatic heterocycles. The van der Waals surface area contributed by atoms with Gasteiger partial charge in [0.15, 0.2) is 0 Å². The molecule has 110 valence electrons. The summed E-state index contributed by atoms with van der Waals surface area (Å²) in [5.74, 6) is 0.417. The van der Waals surface area contributed by atoms with Crippen LogP contribution in [0.4, 0.5) is 0 Å². The van der Waals surface area contributed by atoms with Gasteiger partial charge >= 0.3 is 0 Å². The van der Waals surface area contributed by atoms with Crippen molar-refractivity contribution in [3.8, 4) is 5.88 Å². The standard InChI is InChI=1S/C16H19N3OS/c1-3-12-13(4-2)18-19-16(14(12)15(17)21)20-10-11-8-6-5-7-9-11/h5-9H,3-4,10H2,1-2H3,(H2,17,21). The predicted molar refractivity (Wildman–Crippen MR) is 87.4 cm³/mol. The van der Waals surface area contributed by atoms with E-state index in [0.29, 0.717) is 17.5 Å². The number of aryl methyl sites for hydroxylation is 1. The predicted octanol–water partition coefficient (Wildman–Crippen LogP) is 2.81. The van der Waals surface area contributed by atoms with Crippen LogP contribution in [0.15, 0.2) is 30.3 Å². The van der Waals surface area contributed by atoms with Crippen molar-refractivity contribution >= 4 is 17.2 Å². The van der Waals surface area contributed by atoms with Crippen LogP contribution in [-0.4, -0.2) is 15.2 Å². The summed E-state index contributed by atoms with van der Waals surface area (Å²) in [5, 5.41) is 8.39. The average Bonchev–Trinajstić information content (AvgIpc) is 2.52. The number of hydrogen-bond donors (Lipinski definition) is 1. The molecule has 0 unspecified atom stereocenters. The first-order chi connectivity index (χ1) is 10.2. The van der Waals surface area contributed by atoms with Gasteiger partial charge in [-0.1, -0.05) is 56.4 Å². The average molecular weight is 301 g/mol. The minimum atomic E-state index is 0.305. The number of rotatable bonds is 6. The highest BCUT2D eigenvalue weighted by Crippen LogP contribution is 2.23. The third-order valence-electron chi connectivity index (χ3n) is 3.28. The molecule has 0 aliphatic heterocycles. The van der Waals surface area contributed by atoms with Crippen LogP contribution >= 0.6 is 12.2 Å². The molecule has 0 aliphatic carbocycles. The van der Waals surface area contributed by atoms with Crippen molar-refractivity contribution in [3.63, 3.8) is 0 Å². The number of benzene rings is 1. The molecule has 1 aromatic carbocycles. The number of thiocarbonyl (C=S) groups is 1. The summed E-state index contributed by atoms with van der Waals surface area (Å²) in [7, 11) is 0. The zero-order chi connectivity index (χ0) is 15.2. The molecule has 21 heavy (non-hydrogen) atoms. The van der Waals surface area contributed by atoms with Crippen molar-refractivity contribution in [2.45, 2.75) is 33.3 Å². The number of nitrogens with two attached hydrogens (primary N) is 1. The maximum atomic E-state index is 5.87. The van der Waals surface area contributed by atoms with Crippen LogP contribution in [0.25, 0.3) is 0 Å². The van der Waals surface area contributed by atoms with Crippen molar-refractivity contribution in [3.05, 3.63) is 52.7 Å². The van der Waals surface area contributed by atoms with Gasteiger partial charge in [-0.2, -0.15) is 5.10 Å². The fourth-order valence-corrected chi connectivity index (χ4v) is 2.45. The largest absolute Gasteiger partial charge is 0.471 e. The Bertz CT molecular complexity index is 629. The van der Waals surface area contributed by atoms with E-state index in [1.807, 2.05) is 37.3 Å². The molecule has 0 atom stereocenters. The zero-order valence-electron chi connectivity index (χ0n) is 12.3. The van der Waals surface area contributed by atoms with Gasteiger partial charge in [0.2, 0.25) is 5.88 Å². The molecule has 2 aromatic rings. The van der Waals surface area contributed by atoms with Gasteiger partial charge in [0, 0.05) is 0 Å². The van der Waals surface area contributed by atoms with Crippen molar-refractivity contribution < 1.29 is 4.74 Å². The normalized spacial score (nSPS) is 10.4. The summed E-state index contributed by atoms with van der Waals surface area (Å²) in [6, 6.07) is 9.89. The topological polar surface area (TPSA) is 61.0 Å². The molecule has 2 rings (SSSR count). The molecule has 0 saturated carbocycles. The first-order valence-electron chi connectivity index (χ1n) is 7.02. The van der Waals surface area contributed by atoms with E-state index in [9.17, 15) is 0 Å².